The van der Waals surface area contributed by atoms with E-state index in [1.165, 1.54) is 0 Å². The number of amides is 2. The van der Waals surface area contributed by atoms with Gasteiger partial charge in [0, 0.05) is 41.5 Å². The number of nitrogens with zero attached hydrogens (tertiary/aromatic N) is 4. The van der Waals surface area contributed by atoms with Crippen LogP contribution in [0.1, 0.15) is 36.8 Å². The first-order valence-corrected chi connectivity index (χ1v) is 13.6. The van der Waals surface area contributed by atoms with Crippen LogP contribution in [0.4, 0.5) is 5.69 Å². The van der Waals surface area contributed by atoms with Gasteiger partial charge in [-0.25, -0.2) is 0 Å². The van der Waals surface area contributed by atoms with Crippen LogP contribution in [0.15, 0.2) is 67.0 Å². The van der Waals surface area contributed by atoms with E-state index >= 15 is 0 Å². The third-order valence-corrected chi connectivity index (χ3v) is 7.68. The molecule has 1 aliphatic carbocycles. The Morgan fingerprint density at radius 1 is 1.00 bits per heavy atom. The van der Waals surface area contributed by atoms with E-state index in [0.29, 0.717) is 30.4 Å². The molecule has 1 atom stereocenters. The van der Waals surface area contributed by atoms with E-state index in [9.17, 15) is 9.59 Å². The van der Waals surface area contributed by atoms with Gasteiger partial charge in [-0.05, 0) is 97.3 Å². The Kier molecular flexibility index (Phi) is 8.56. The molecule has 2 aromatic heterocycles. The van der Waals surface area contributed by atoms with Crippen LogP contribution in [0.5, 0.6) is 0 Å². The number of aromatic nitrogens is 5. The number of anilines is 1. The largest absolute Gasteiger partial charge is 0.344 e. The second-order valence-electron chi connectivity index (χ2n) is 10.4. The number of nitrogens with two attached hydrogens (primary N) is 1. The second kappa shape index (κ2) is 12.6. The molecule has 2 amide bonds. The molecule has 1 fully saturated rings. The highest BCUT2D eigenvalue weighted by Crippen LogP contribution is 2.29. The van der Waals surface area contributed by atoms with Crippen LogP contribution in [0.2, 0.25) is 0 Å². The Balaban J connectivity index is 1.30. The molecule has 1 saturated carbocycles. The number of benzene rings is 2. The first kappa shape index (κ1) is 27.1. The summed E-state index contributed by atoms with van der Waals surface area (Å²) < 4.78 is 0. The normalized spacial score (nSPS) is 17.6. The minimum atomic E-state index is -0.734. The molecule has 0 bridgehead atoms. The number of hydrogen-bond donors (Lipinski definition) is 4. The number of H-pyrrole nitrogens is 1. The predicted molar refractivity (Wildman–Crippen MR) is 153 cm³/mol. The minimum Gasteiger partial charge on any atom is -0.344 e. The number of rotatable bonds is 9. The molecule has 206 valence electrons. The third-order valence-electron chi connectivity index (χ3n) is 7.68. The van der Waals surface area contributed by atoms with Gasteiger partial charge in [0.1, 0.15) is 6.04 Å². The number of carbonyl (C=O) groups excluding carboxylic acids is 2. The van der Waals surface area contributed by atoms with Gasteiger partial charge >= 0.3 is 0 Å². The Morgan fingerprint density at radius 3 is 2.38 bits per heavy atom. The third kappa shape index (κ3) is 6.58. The topological polar surface area (TPSA) is 152 Å². The van der Waals surface area contributed by atoms with Crippen LogP contribution in [0, 0.1) is 18.8 Å². The molecule has 0 aliphatic heterocycles. The molecule has 2 heterocycles. The van der Waals surface area contributed by atoms with Crippen LogP contribution in [-0.4, -0.2) is 50.0 Å². The van der Waals surface area contributed by atoms with Crippen molar-refractivity contribution in [2.45, 2.75) is 45.1 Å². The van der Waals surface area contributed by atoms with Gasteiger partial charge < -0.3 is 16.4 Å². The van der Waals surface area contributed by atoms with Crippen molar-refractivity contribution in [3.05, 3.63) is 78.1 Å². The van der Waals surface area contributed by atoms with Crippen molar-refractivity contribution in [3.63, 3.8) is 0 Å². The summed E-state index contributed by atoms with van der Waals surface area (Å²) in [6.07, 6.45) is 7.45. The predicted octanol–water partition coefficient (Wildman–Crippen LogP) is 3.67. The molecule has 10 nitrogen and oxygen atoms in total. The fourth-order valence-corrected chi connectivity index (χ4v) is 5.20. The zero-order chi connectivity index (χ0) is 27.9. The summed E-state index contributed by atoms with van der Waals surface area (Å²) in [6, 6.07) is 16.5. The van der Waals surface area contributed by atoms with Gasteiger partial charge in [-0.2, -0.15) is 5.21 Å². The first-order valence-electron chi connectivity index (χ1n) is 13.6. The molecule has 5 N–H and O–H groups in total. The molecule has 1 aliphatic rings. The molecule has 0 saturated heterocycles. The number of aromatic amines is 1. The van der Waals surface area contributed by atoms with Gasteiger partial charge in [-0.15, -0.1) is 10.2 Å². The van der Waals surface area contributed by atoms with Crippen LogP contribution >= 0.6 is 0 Å². The van der Waals surface area contributed by atoms with Gasteiger partial charge in [0.15, 0.2) is 0 Å². The lowest BCUT2D eigenvalue weighted by Gasteiger charge is -2.28. The second-order valence-corrected chi connectivity index (χ2v) is 10.4. The lowest BCUT2D eigenvalue weighted by molar-refractivity contribution is -0.130. The van der Waals surface area contributed by atoms with Crippen LogP contribution in [0.3, 0.4) is 0 Å². The van der Waals surface area contributed by atoms with E-state index in [0.717, 1.165) is 53.5 Å². The fraction of sp³-hybridized carbons (Fsp3) is 0.333. The molecule has 10 heteroatoms. The number of aryl methyl sites for hydroxylation is 1. The first-order chi connectivity index (χ1) is 19.5. The van der Waals surface area contributed by atoms with Crippen molar-refractivity contribution in [1.82, 2.24) is 30.9 Å². The number of nitrogens with one attached hydrogen (secondary N) is 3. The smallest absolute Gasteiger partial charge is 0.247 e. The number of tetrazole rings is 1. The van der Waals surface area contributed by atoms with Crippen molar-refractivity contribution >= 4 is 17.5 Å². The maximum atomic E-state index is 13.5. The fourth-order valence-electron chi connectivity index (χ4n) is 5.20. The maximum Gasteiger partial charge on any atom is 0.247 e. The number of carbonyl (C=O) groups is 2. The summed E-state index contributed by atoms with van der Waals surface area (Å²) in [5.74, 6) is 0.482. The van der Waals surface area contributed by atoms with Crippen molar-refractivity contribution in [1.29, 1.82) is 0 Å². The van der Waals surface area contributed by atoms with Crippen LogP contribution < -0.4 is 16.4 Å². The van der Waals surface area contributed by atoms with Gasteiger partial charge in [-0.1, -0.05) is 24.3 Å². The average Bonchev–Trinajstić information content (AvgIpc) is 3.53. The molecular formula is C30H34N8O2. The highest BCUT2D eigenvalue weighted by Gasteiger charge is 2.29. The SMILES string of the molecule is Cc1ccncc1-c1ccc(CC(NC(=O)C2CCC(CN)CC2)C(=O)Nc2ccc(-c3nn[nH]n3)cc2)cc1. The monoisotopic (exact) mass is 538 g/mol. The molecule has 40 heavy (non-hydrogen) atoms. The highest BCUT2D eigenvalue weighted by molar-refractivity contribution is 5.97. The van der Waals surface area contributed by atoms with Crippen molar-refractivity contribution < 1.29 is 9.59 Å². The lowest BCUT2D eigenvalue weighted by atomic mass is 9.81. The molecule has 0 spiro atoms. The quantitative estimate of drug-likeness (QED) is 0.254. The summed E-state index contributed by atoms with van der Waals surface area (Å²) in [5.41, 5.74) is 11.4. The van der Waals surface area contributed by atoms with E-state index in [1.807, 2.05) is 48.7 Å². The van der Waals surface area contributed by atoms with Gasteiger partial charge in [-0.3, -0.25) is 14.6 Å². The lowest BCUT2D eigenvalue weighted by Crippen LogP contribution is -2.48. The average molecular weight is 539 g/mol. The Labute approximate surface area is 233 Å². The minimum absolute atomic E-state index is 0.0781. The van der Waals surface area contributed by atoms with E-state index in [2.05, 4.69) is 43.2 Å². The van der Waals surface area contributed by atoms with Gasteiger partial charge in [0.25, 0.3) is 0 Å². The number of hydrogen-bond acceptors (Lipinski definition) is 7. The Morgan fingerprint density at radius 2 is 1.73 bits per heavy atom. The molecule has 1 unspecified atom stereocenters. The molecule has 2 aromatic carbocycles. The van der Waals surface area contributed by atoms with Crippen molar-refractivity contribution in [3.8, 4) is 22.5 Å². The summed E-state index contributed by atoms with van der Waals surface area (Å²) in [7, 11) is 0. The van der Waals surface area contributed by atoms with E-state index in [-0.39, 0.29) is 17.7 Å². The van der Waals surface area contributed by atoms with E-state index in [1.54, 1.807) is 18.3 Å². The standard InChI is InChI=1S/C30H34N8O2/c1-19-14-15-32-18-26(19)22-6-2-20(3-7-22)16-27(34-29(39)24-8-4-21(17-31)5-9-24)30(40)33-25-12-10-23(11-13-25)28-35-37-38-36-28/h2-3,6-7,10-15,18,21,24,27H,4-5,8-9,16-17,31H2,1H3,(H,33,40)(H,34,39)(H,35,36,37,38). The van der Waals surface area contributed by atoms with E-state index in [4.69, 9.17) is 5.73 Å². The zero-order valence-corrected chi connectivity index (χ0v) is 22.5. The molecule has 4 aromatic rings. The summed E-state index contributed by atoms with van der Waals surface area (Å²) in [6.45, 7) is 2.70. The number of pyridine rings is 1. The van der Waals surface area contributed by atoms with Crippen molar-refractivity contribution in [2.75, 3.05) is 11.9 Å². The zero-order valence-electron chi connectivity index (χ0n) is 22.5. The molecule has 5 rings (SSSR count). The molecule has 0 radical (unpaired) electrons. The Hall–Kier alpha value is -4.44. The maximum absolute atomic E-state index is 13.5. The van der Waals surface area contributed by atoms with Crippen LogP contribution in [-0.2, 0) is 16.0 Å². The molecular weight excluding hydrogens is 504 g/mol. The Bertz CT molecular complexity index is 1410. The van der Waals surface area contributed by atoms with Crippen LogP contribution in [0.25, 0.3) is 22.5 Å². The van der Waals surface area contributed by atoms with Gasteiger partial charge in [0.05, 0.1) is 0 Å². The summed E-state index contributed by atoms with van der Waals surface area (Å²) in [4.78, 5) is 31.0. The summed E-state index contributed by atoms with van der Waals surface area (Å²) >= 11 is 0. The highest BCUT2D eigenvalue weighted by atomic mass is 16.2. The van der Waals surface area contributed by atoms with Crippen molar-refractivity contribution in [2.24, 2.45) is 17.6 Å². The summed E-state index contributed by atoms with van der Waals surface area (Å²) in [5, 5.41) is 20.0. The van der Waals surface area contributed by atoms with E-state index < -0.39 is 6.04 Å². The van der Waals surface area contributed by atoms with Gasteiger partial charge in [0.2, 0.25) is 17.6 Å².